The Morgan fingerprint density at radius 2 is 2.07 bits per heavy atom. The van der Waals surface area contributed by atoms with Crippen molar-refractivity contribution < 1.29 is 14.1 Å². The van der Waals surface area contributed by atoms with Gasteiger partial charge in [0.05, 0.1) is 22.2 Å². The van der Waals surface area contributed by atoms with E-state index in [1.807, 2.05) is 24.3 Å². The zero-order valence-corrected chi connectivity index (χ0v) is 15.0. The number of amides is 1. The van der Waals surface area contributed by atoms with E-state index >= 15 is 0 Å². The van der Waals surface area contributed by atoms with Crippen molar-refractivity contribution in [3.05, 3.63) is 63.1 Å². The Bertz CT molecular complexity index is 1100. The van der Waals surface area contributed by atoms with Crippen molar-refractivity contribution >= 4 is 40.1 Å². The van der Waals surface area contributed by atoms with Crippen molar-refractivity contribution in [1.29, 1.82) is 0 Å². The van der Waals surface area contributed by atoms with Gasteiger partial charge >= 0.3 is 5.76 Å². The number of nitro groups is 1. The number of oxazole rings is 1. The molecule has 0 atom stereocenters. The molecule has 1 aliphatic heterocycles. The molecule has 0 spiro atoms. The number of hydrogen-bond acceptors (Lipinski definition) is 6. The molecule has 1 amide bonds. The highest BCUT2D eigenvalue weighted by molar-refractivity contribution is 7.99. The molecule has 4 rings (SSSR count). The van der Waals surface area contributed by atoms with Crippen LogP contribution in [0.3, 0.4) is 0 Å². The lowest BCUT2D eigenvalue weighted by Gasteiger charge is -2.22. The number of aromatic nitrogens is 1. The summed E-state index contributed by atoms with van der Waals surface area (Å²) in [5.41, 5.74) is 1.11. The number of carbonyl (C=O) groups is 1. The fourth-order valence-corrected chi connectivity index (χ4v) is 4.12. The highest BCUT2D eigenvalue weighted by Crippen LogP contribution is 2.33. The van der Waals surface area contributed by atoms with Crippen LogP contribution in [0.15, 0.2) is 56.6 Å². The Hall–Kier alpha value is -3.07. The summed E-state index contributed by atoms with van der Waals surface area (Å²) < 4.78 is 6.31. The number of nitrogens with zero attached hydrogens (tertiary/aromatic N) is 3. The quantitative estimate of drug-likeness (QED) is 0.508. The molecule has 2 aromatic carbocycles. The van der Waals surface area contributed by atoms with Gasteiger partial charge < -0.3 is 9.32 Å². The van der Waals surface area contributed by atoms with Crippen LogP contribution in [-0.4, -0.2) is 27.7 Å². The van der Waals surface area contributed by atoms with Gasteiger partial charge in [0, 0.05) is 17.5 Å². The molecular weight excluding hydrogens is 370 g/mol. The third-order valence-electron chi connectivity index (χ3n) is 4.40. The number of benzene rings is 2. The zero-order valence-electron chi connectivity index (χ0n) is 14.2. The van der Waals surface area contributed by atoms with Crippen LogP contribution in [0.1, 0.15) is 6.42 Å². The van der Waals surface area contributed by atoms with Crippen LogP contribution < -0.4 is 10.7 Å². The van der Waals surface area contributed by atoms with E-state index in [0.29, 0.717) is 12.1 Å². The zero-order chi connectivity index (χ0) is 19.0. The summed E-state index contributed by atoms with van der Waals surface area (Å²) >= 11 is 1.70. The average Bonchev–Trinajstić information content (AvgIpc) is 2.83. The van der Waals surface area contributed by atoms with E-state index in [9.17, 15) is 19.7 Å². The van der Waals surface area contributed by atoms with Gasteiger partial charge in [0.25, 0.3) is 5.69 Å². The molecule has 138 valence electrons. The van der Waals surface area contributed by atoms with E-state index in [1.165, 1.54) is 22.8 Å². The van der Waals surface area contributed by atoms with Crippen molar-refractivity contribution in [3.63, 3.8) is 0 Å². The molecule has 8 nitrogen and oxygen atoms in total. The Morgan fingerprint density at radius 1 is 1.26 bits per heavy atom. The molecule has 0 bridgehead atoms. The summed E-state index contributed by atoms with van der Waals surface area (Å²) in [6, 6.07) is 11.6. The van der Waals surface area contributed by atoms with Crippen LogP contribution in [0.2, 0.25) is 0 Å². The summed E-state index contributed by atoms with van der Waals surface area (Å²) in [7, 11) is 0. The minimum Gasteiger partial charge on any atom is -0.407 e. The van der Waals surface area contributed by atoms with Gasteiger partial charge in [-0.05, 0) is 30.4 Å². The maximum absolute atomic E-state index is 13.0. The van der Waals surface area contributed by atoms with Crippen LogP contribution in [-0.2, 0) is 11.3 Å². The third kappa shape index (κ3) is 3.21. The number of para-hydroxylation sites is 1. The SMILES string of the molecule is O=C(Cn1c(=O)oc2cc([N+](=O)[O-])ccc21)N1CCCSc2ccccc21. The fraction of sp³-hybridized carbons (Fsp3) is 0.222. The second kappa shape index (κ2) is 6.92. The van der Waals surface area contributed by atoms with Gasteiger partial charge in [-0.3, -0.25) is 19.5 Å². The van der Waals surface area contributed by atoms with E-state index < -0.39 is 10.7 Å². The summed E-state index contributed by atoms with van der Waals surface area (Å²) in [5, 5.41) is 10.9. The van der Waals surface area contributed by atoms with Crippen molar-refractivity contribution in [2.24, 2.45) is 0 Å². The molecule has 1 aromatic heterocycles. The lowest BCUT2D eigenvalue weighted by atomic mass is 10.2. The number of anilines is 1. The van der Waals surface area contributed by atoms with Crippen molar-refractivity contribution in [1.82, 2.24) is 4.57 Å². The monoisotopic (exact) mass is 385 g/mol. The minimum atomic E-state index is -0.712. The Balaban J connectivity index is 1.68. The summed E-state index contributed by atoms with van der Waals surface area (Å²) in [6.07, 6.45) is 0.846. The standard InChI is InChI=1S/C18H15N3O5S/c22-17(19-8-3-9-27-16-5-2-1-4-14(16)19)11-20-13-7-6-12(21(24)25)10-15(13)26-18(20)23/h1-2,4-7,10H,3,8-9,11H2. The number of nitro benzene ring substituents is 1. The average molecular weight is 385 g/mol. The summed E-state index contributed by atoms with van der Waals surface area (Å²) in [5.74, 6) is -0.0246. The highest BCUT2D eigenvalue weighted by atomic mass is 32.2. The maximum atomic E-state index is 13.0. The van der Waals surface area contributed by atoms with Gasteiger partial charge in [-0.15, -0.1) is 11.8 Å². The number of hydrogen-bond donors (Lipinski definition) is 0. The van der Waals surface area contributed by atoms with Crippen molar-refractivity contribution in [2.45, 2.75) is 17.9 Å². The van der Waals surface area contributed by atoms with Crippen molar-refractivity contribution in [3.8, 4) is 0 Å². The highest BCUT2D eigenvalue weighted by Gasteiger charge is 2.23. The number of carbonyl (C=O) groups excluding carboxylic acids is 1. The van der Waals surface area contributed by atoms with Crippen LogP contribution >= 0.6 is 11.8 Å². The predicted molar refractivity (Wildman–Crippen MR) is 101 cm³/mol. The van der Waals surface area contributed by atoms with Crippen LogP contribution in [0, 0.1) is 10.1 Å². The summed E-state index contributed by atoms with van der Waals surface area (Å²) in [4.78, 5) is 38.2. The molecule has 0 fully saturated rings. The number of rotatable bonds is 3. The van der Waals surface area contributed by atoms with E-state index in [2.05, 4.69) is 0 Å². The van der Waals surface area contributed by atoms with Crippen LogP contribution in [0.4, 0.5) is 11.4 Å². The second-order valence-electron chi connectivity index (χ2n) is 6.08. The largest absolute Gasteiger partial charge is 0.420 e. The first kappa shape index (κ1) is 17.3. The lowest BCUT2D eigenvalue weighted by molar-refractivity contribution is -0.384. The number of fused-ring (bicyclic) bond motifs is 2. The molecule has 9 heteroatoms. The van der Waals surface area contributed by atoms with E-state index in [-0.39, 0.29) is 23.7 Å². The molecule has 2 heterocycles. The van der Waals surface area contributed by atoms with Crippen LogP contribution in [0.5, 0.6) is 0 Å². The van der Waals surface area contributed by atoms with Crippen LogP contribution in [0.25, 0.3) is 11.1 Å². The maximum Gasteiger partial charge on any atom is 0.420 e. The predicted octanol–water partition coefficient (Wildman–Crippen LogP) is 3.03. The molecule has 0 N–H and O–H groups in total. The Kier molecular flexibility index (Phi) is 4.44. The number of thioether (sulfide) groups is 1. The molecular formula is C18H15N3O5S. The molecule has 0 radical (unpaired) electrons. The molecule has 0 unspecified atom stereocenters. The summed E-state index contributed by atoms with van der Waals surface area (Å²) in [6.45, 7) is 0.376. The molecule has 27 heavy (non-hydrogen) atoms. The smallest absolute Gasteiger partial charge is 0.407 e. The van der Waals surface area contributed by atoms with Gasteiger partial charge in [-0.1, -0.05) is 12.1 Å². The first-order chi connectivity index (χ1) is 13.0. The van der Waals surface area contributed by atoms with Gasteiger partial charge in [0.15, 0.2) is 5.58 Å². The van der Waals surface area contributed by atoms with Gasteiger partial charge in [0.1, 0.15) is 6.54 Å². The van der Waals surface area contributed by atoms with Gasteiger partial charge in [-0.25, -0.2) is 4.79 Å². The van der Waals surface area contributed by atoms with E-state index in [1.54, 1.807) is 16.7 Å². The van der Waals surface area contributed by atoms with E-state index in [0.717, 1.165) is 22.8 Å². The topological polar surface area (TPSA) is 98.6 Å². The third-order valence-corrected chi connectivity index (χ3v) is 5.55. The molecule has 1 aliphatic rings. The minimum absolute atomic E-state index is 0.0915. The Morgan fingerprint density at radius 3 is 2.89 bits per heavy atom. The van der Waals surface area contributed by atoms with E-state index in [4.69, 9.17) is 4.42 Å². The van der Waals surface area contributed by atoms with Gasteiger partial charge in [-0.2, -0.15) is 0 Å². The molecule has 0 saturated heterocycles. The normalized spacial score (nSPS) is 14.0. The fourth-order valence-electron chi connectivity index (χ4n) is 3.13. The molecule has 3 aromatic rings. The second-order valence-corrected chi connectivity index (χ2v) is 7.22. The first-order valence-electron chi connectivity index (χ1n) is 8.34. The van der Waals surface area contributed by atoms with Crippen molar-refractivity contribution in [2.75, 3.05) is 17.2 Å². The van der Waals surface area contributed by atoms with Gasteiger partial charge in [0.2, 0.25) is 5.91 Å². The molecule has 0 aliphatic carbocycles. The Labute approximate surface area is 157 Å². The lowest BCUT2D eigenvalue weighted by Crippen LogP contribution is -2.36. The molecule has 0 saturated carbocycles. The first-order valence-corrected chi connectivity index (χ1v) is 9.33. The number of non-ortho nitro benzene ring substituents is 1.